The Balaban J connectivity index is 1.54. The van der Waals surface area contributed by atoms with E-state index < -0.39 is 0 Å². The van der Waals surface area contributed by atoms with E-state index in [1.54, 1.807) is 0 Å². The molecule has 2 aliphatic rings. The Morgan fingerprint density at radius 2 is 0.795 bits per heavy atom. The van der Waals surface area contributed by atoms with Gasteiger partial charge < -0.3 is 0 Å². The van der Waals surface area contributed by atoms with Gasteiger partial charge in [-0.3, -0.25) is 0 Å². The number of hydrogen-bond acceptors (Lipinski definition) is 0. The van der Waals surface area contributed by atoms with Crippen molar-refractivity contribution < 1.29 is 0 Å². The molecule has 2 aliphatic carbocycles. The maximum Gasteiger partial charge on any atom is -0.000706 e. The summed E-state index contributed by atoms with van der Waals surface area (Å²) >= 11 is 0. The maximum absolute atomic E-state index is 2.48. The first-order chi connectivity index (χ1) is 21.6. The minimum Gasteiger partial charge on any atom is -0.0701 e. The van der Waals surface area contributed by atoms with Gasteiger partial charge in [0, 0.05) is 0 Å². The average molecular weight is 571 g/mol. The van der Waals surface area contributed by atoms with Crippen LogP contribution in [0.1, 0.15) is 86.8 Å². The van der Waals surface area contributed by atoms with Gasteiger partial charge in [0.25, 0.3) is 0 Å². The Hall–Kier alpha value is -4.42. The van der Waals surface area contributed by atoms with Gasteiger partial charge in [0.2, 0.25) is 0 Å². The zero-order valence-electron chi connectivity index (χ0n) is 26.6. The van der Waals surface area contributed by atoms with E-state index in [-0.39, 0.29) is 0 Å². The normalized spacial score (nSPS) is 12.3. The summed E-state index contributed by atoms with van der Waals surface area (Å²) in [6, 6.07) is 36.8. The third-order valence-corrected chi connectivity index (χ3v) is 10.0. The molecule has 44 heavy (non-hydrogen) atoms. The Labute approximate surface area is 263 Å². The second kappa shape index (κ2) is 11.9. The minimum absolute atomic E-state index is 0.978. The molecule has 0 heteroatoms. The molecule has 0 N–H and O–H groups in total. The van der Waals surface area contributed by atoms with E-state index in [0.717, 1.165) is 38.5 Å². The third kappa shape index (κ3) is 4.78. The van der Waals surface area contributed by atoms with Crippen molar-refractivity contribution in [2.24, 2.45) is 0 Å². The van der Waals surface area contributed by atoms with Gasteiger partial charge in [0.15, 0.2) is 0 Å². The lowest BCUT2D eigenvalue weighted by Gasteiger charge is -2.21. The lowest BCUT2D eigenvalue weighted by atomic mass is 9.82. The fourth-order valence-corrected chi connectivity index (χ4v) is 7.60. The number of allylic oxidation sites excluding steroid dienone is 2. The van der Waals surface area contributed by atoms with Crippen molar-refractivity contribution in [3.63, 3.8) is 0 Å². The molecule has 0 bridgehead atoms. The molecule has 5 aromatic carbocycles. The second-order valence-corrected chi connectivity index (χ2v) is 12.3. The van der Waals surface area contributed by atoms with Crippen LogP contribution in [0.3, 0.4) is 0 Å². The molecule has 0 amide bonds. The van der Waals surface area contributed by atoms with Gasteiger partial charge in [-0.25, -0.2) is 0 Å². The molecule has 0 aliphatic heterocycles. The van der Waals surface area contributed by atoms with Crippen LogP contribution >= 0.6 is 0 Å². The van der Waals surface area contributed by atoms with Crippen molar-refractivity contribution >= 4 is 12.2 Å². The summed E-state index contributed by atoms with van der Waals surface area (Å²) in [7, 11) is 0. The van der Waals surface area contributed by atoms with Crippen LogP contribution in [0.25, 0.3) is 56.7 Å². The average Bonchev–Trinajstić information content (AvgIpc) is 3.64. The summed E-state index contributed by atoms with van der Waals surface area (Å²) in [6.45, 7) is 9.15. The van der Waals surface area contributed by atoms with Crippen LogP contribution in [-0.4, -0.2) is 0 Å². The number of benzene rings is 5. The smallest absolute Gasteiger partial charge is 0.000706 e. The second-order valence-electron chi connectivity index (χ2n) is 12.3. The SMILES string of the molecule is CCC(=Cc1ccc2c(c1-c1ccccc1-c1c(C=C(CC)CC)ccc3c1Cc1ccccc1-3)Cc1ccccc1-2)CC. The van der Waals surface area contributed by atoms with Gasteiger partial charge in [-0.2, -0.15) is 0 Å². The molecule has 218 valence electrons. The quantitative estimate of drug-likeness (QED) is 0.170. The zero-order chi connectivity index (χ0) is 30.2. The molecule has 0 heterocycles. The van der Waals surface area contributed by atoms with E-state index in [4.69, 9.17) is 0 Å². The predicted octanol–water partition coefficient (Wildman–Crippen LogP) is 12.6. The van der Waals surface area contributed by atoms with Crippen molar-refractivity contribution in [3.05, 3.63) is 142 Å². The number of hydrogen-bond donors (Lipinski definition) is 0. The largest absolute Gasteiger partial charge is 0.0701 e. The van der Waals surface area contributed by atoms with Gasteiger partial charge in [-0.1, -0.05) is 148 Å². The standard InChI is InChI=1S/C44H42/c1-5-29(6-2)25-33-21-23-37-35-17-11-9-15-31(35)27-41(37)43(33)39-19-13-14-20-40(39)44-34(26-30(7-3)8-4)22-24-38-36-18-12-10-16-32(36)28-42(38)44/h9-26H,5-8,27-28H2,1-4H3. The molecule has 0 nitrogen and oxygen atoms in total. The number of fused-ring (bicyclic) bond motifs is 6. The van der Waals surface area contributed by atoms with E-state index in [0.29, 0.717) is 0 Å². The zero-order valence-corrected chi connectivity index (χ0v) is 26.6. The summed E-state index contributed by atoms with van der Waals surface area (Å²) in [5, 5.41) is 0. The lowest BCUT2D eigenvalue weighted by Crippen LogP contribution is -1.99. The highest BCUT2D eigenvalue weighted by atomic mass is 14.3. The van der Waals surface area contributed by atoms with Gasteiger partial charge in [-0.15, -0.1) is 0 Å². The predicted molar refractivity (Wildman–Crippen MR) is 191 cm³/mol. The van der Waals surface area contributed by atoms with Crippen molar-refractivity contribution in [1.29, 1.82) is 0 Å². The van der Waals surface area contributed by atoms with Crippen LogP contribution in [0.15, 0.2) is 108 Å². The van der Waals surface area contributed by atoms with Gasteiger partial charge in [0.05, 0.1) is 0 Å². The Kier molecular flexibility index (Phi) is 7.69. The van der Waals surface area contributed by atoms with Crippen LogP contribution in [0.2, 0.25) is 0 Å². The fourth-order valence-electron chi connectivity index (χ4n) is 7.60. The monoisotopic (exact) mass is 570 g/mol. The van der Waals surface area contributed by atoms with Crippen molar-refractivity contribution in [3.8, 4) is 44.5 Å². The Morgan fingerprint density at radius 1 is 0.432 bits per heavy atom. The third-order valence-electron chi connectivity index (χ3n) is 10.0. The molecule has 0 saturated carbocycles. The molecule has 0 unspecified atom stereocenters. The first-order valence-corrected chi connectivity index (χ1v) is 16.6. The summed E-state index contributed by atoms with van der Waals surface area (Å²) in [6.07, 6.45) is 11.2. The molecule has 0 saturated heterocycles. The number of rotatable bonds is 8. The molecule has 0 fully saturated rings. The molecule has 7 rings (SSSR count). The van der Waals surface area contributed by atoms with Gasteiger partial charge in [0.1, 0.15) is 0 Å². The molecule has 0 radical (unpaired) electrons. The highest BCUT2D eigenvalue weighted by Crippen LogP contribution is 2.49. The molecular formula is C44H42. The van der Waals surface area contributed by atoms with Crippen molar-refractivity contribution in [2.75, 3.05) is 0 Å². The van der Waals surface area contributed by atoms with E-state index >= 15 is 0 Å². The van der Waals surface area contributed by atoms with Crippen LogP contribution < -0.4 is 0 Å². The summed E-state index contributed by atoms with van der Waals surface area (Å²) < 4.78 is 0. The summed E-state index contributed by atoms with van der Waals surface area (Å²) in [5.74, 6) is 0. The van der Waals surface area contributed by atoms with Crippen LogP contribution in [0.5, 0.6) is 0 Å². The highest BCUT2D eigenvalue weighted by Gasteiger charge is 2.28. The maximum atomic E-state index is 2.48. The Morgan fingerprint density at radius 3 is 1.18 bits per heavy atom. The fraction of sp³-hybridized carbons (Fsp3) is 0.227. The van der Waals surface area contributed by atoms with Crippen LogP contribution in [-0.2, 0) is 12.8 Å². The van der Waals surface area contributed by atoms with E-state index in [2.05, 4.69) is 137 Å². The van der Waals surface area contributed by atoms with E-state index in [9.17, 15) is 0 Å². The Bertz CT molecular complexity index is 1790. The molecule has 0 aromatic heterocycles. The molecular weight excluding hydrogens is 528 g/mol. The topological polar surface area (TPSA) is 0 Å². The van der Waals surface area contributed by atoms with Crippen LogP contribution in [0.4, 0.5) is 0 Å². The van der Waals surface area contributed by atoms with E-state index in [1.165, 1.54) is 89.0 Å². The van der Waals surface area contributed by atoms with Crippen molar-refractivity contribution in [2.45, 2.75) is 66.2 Å². The van der Waals surface area contributed by atoms with Crippen LogP contribution in [0, 0.1) is 0 Å². The molecule has 0 atom stereocenters. The van der Waals surface area contributed by atoms with Gasteiger partial charge >= 0.3 is 0 Å². The van der Waals surface area contributed by atoms with E-state index in [1.807, 2.05) is 0 Å². The minimum atomic E-state index is 0.978. The van der Waals surface area contributed by atoms with Crippen molar-refractivity contribution in [1.82, 2.24) is 0 Å². The molecule has 0 spiro atoms. The first-order valence-electron chi connectivity index (χ1n) is 16.6. The first kappa shape index (κ1) is 28.4. The highest BCUT2D eigenvalue weighted by molar-refractivity contribution is 5.99. The van der Waals surface area contributed by atoms with Gasteiger partial charge in [-0.05, 0) is 116 Å². The lowest BCUT2D eigenvalue weighted by molar-refractivity contribution is 0.990. The summed E-state index contributed by atoms with van der Waals surface area (Å²) in [4.78, 5) is 0. The molecule has 5 aromatic rings. The summed E-state index contributed by atoms with van der Waals surface area (Å²) in [5.41, 5.74) is 22.6.